The zero-order chi connectivity index (χ0) is 26.4. The number of carbonyl (C=O) groups excluding carboxylic acids is 1. The van der Waals surface area contributed by atoms with Crippen LogP contribution < -0.4 is 21.9 Å². The van der Waals surface area contributed by atoms with Gasteiger partial charge in [-0.25, -0.2) is 19.1 Å². The average molecular weight is 507 g/mol. The van der Waals surface area contributed by atoms with E-state index in [0.29, 0.717) is 22.6 Å². The van der Waals surface area contributed by atoms with Crippen LogP contribution in [0.4, 0.5) is 20.2 Å². The molecule has 1 aliphatic heterocycles. The van der Waals surface area contributed by atoms with Gasteiger partial charge in [0, 0.05) is 43.3 Å². The Morgan fingerprint density at radius 1 is 1.05 bits per heavy atom. The fraction of sp³-hybridized carbons (Fsp3) is 0.192. The van der Waals surface area contributed by atoms with Gasteiger partial charge in [-0.3, -0.25) is 9.80 Å². The Balaban J connectivity index is 0.000000342. The first-order valence-electron chi connectivity index (χ1n) is 11.7. The van der Waals surface area contributed by atoms with Crippen LogP contribution in [0.3, 0.4) is 0 Å². The number of nitrogens with one attached hydrogen (secondary N) is 1. The molecule has 2 aromatic heterocycles. The number of aromatic nitrogens is 2. The lowest BCUT2D eigenvalue weighted by molar-refractivity contribution is 0.102. The van der Waals surface area contributed by atoms with Gasteiger partial charge in [0.05, 0.1) is 17.3 Å². The van der Waals surface area contributed by atoms with E-state index in [1.165, 1.54) is 17.9 Å². The van der Waals surface area contributed by atoms with E-state index in [0.717, 1.165) is 48.6 Å². The van der Waals surface area contributed by atoms with Gasteiger partial charge in [0.25, 0.3) is 5.91 Å². The monoisotopic (exact) mass is 506 g/mol. The number of nitrogens with zero attached hydrogens (tertiary/aromatic N) is 5. The number of carbonyl (C=O) groups is 1. The number of benzene rings is 2. The number of amides is 1. The predicted molar refractivity (Wildman–Crippen MR) is 140 cm³/mol. The summed E-state index contributed by atoms with van der Waals surface area (Å²) >= 11 is 0. The Morgan fingerprint density at radius 3 is 2.35 bits per heavy atom. The minimum Gasteiger partial charge on any atom is -0.371 e. The Labute approximate surface area is 212 Å². The molecule has 0 aliphatic carbocycles. The lowest BCUT2D eigenvalue weighted by Gasteiger charge is -2.17. The van der Waals surface area contributed by atoms with Crippen molar-refractivity contribution in [1.29, 1.82) is 0 Å². The number of rotatable bonds is 4. The summed E-state index contributed by atoms with van der Waals surface area (Å²) < 4.78 is 25.6. The standard InChI is InChI=1S/C20H24N8O.C6H4F2/c1-26(22)19(25-21)14-5-4-6-15(11-14)24-20(29)17-13-23-28-10-7-16(12-18(17)28)27-8-2-3-9-27;7-5-1-2-6(8)4-3-5/h4-7,10-13H,2-3,8-9,21-22H2,1H3,(H,24,29);1-4H/b25-19-;. The smallest absolute Gasteiger partial charge is 0.259 e. The molecule has 0 unspecified atom stereocenters. The van der Waals surface area contributed by atoms with Gasteiger partial charge in [-0.2, -0.15) is 10.2 Å². The minimum absolute atomic E-state index is 0.233. The second-order valence-electron chi connectivity index (χ2n) is 8.50. The molecule has 0 spiro atoms. The molecule has 1 saturated heterocycles. The zero-order valence-electron chi connectivity index (χ0n) is 20.3. The van der Waals surface area contributed by atoms with Gasteiger partial charge in [0.1, 0.15) is 11.6 Å². The second-order valence-corrected chi connectivity index (χ2v) is 8.50. The van der Waals surface area contributed by atoms with Crippen LogP contribution in [0.5, 0.6) is 0 Å². The van der Waals surface area contributed by atoms with Crippen molar-refractivity contribution in [2.75, 3.05) is 30.4 Å². The first-order valence-corrected chi connectivity index (χ1v) is 11.7. The molecule has 0 saturated carbocycles. The number of hydrogen-bond donors (Lipinski definition) is 3. The summed E-state index contributed by atoms with van der Waals surface area (Å²) in [5.74, 6) is 10.5. The van der Waals surface area contributed by atoms with Gasteiger partial charge >= 0.3 is 0 Å². The molecule has 0 atom stereocenters. The lowest BCUT2D eigenvalue weighted by atomic mass is 10.1. The molecular weight excluding hydrogens is 478 g/mol. The molecule has 192 valence electrons. The van der Waals surface area contributed by atoms with Gasteiger partial charge in [-0.1, -0.05) is 12.1 Å². The molecule has 1 fully saturated rings. The molecule has 2 aromatic carbocycles. The summed E-state index contributed by atoms with van der Waals surface area (Å²) in [6.07, 6.45) is 5.87. The van der Waals surface area contributed by atoms with E-state index >= 15 is 0 Å². The Kier molecular flexibility index (Phi) is 7.94. The first-order chi connectivity index (χ1) is 17.9. The van der Waals surface area contributed by atoms with Crippen molar-refractivity contribution in [2.45, 2.75) is 12.8 Å². The fourth-order valence-corrected chi connectivity index (χ4v) is 4.05. The molecule has 11 heteroatoms. The van der Waals surface area contributed by atoms with Gasteiger partial charge in [-0.15, -0.1) is 0 Å². The van der Waals surface area contributed by atoms with E-state index in [1.54, 1.807) is 36.0 Å². The molecule has 5 rings (SSSR count). The van der Waals surface area contributed by atoms with Crippen LogP contribution in [0.25, 0.3) is 5.52 Å². The van der Waals surface area contributed by atoms with E-state index in [2.05, 4.69) is 20.4 Å². The highest BCUT2D eigenvalue weighted by Gasteiger charge is 2.17. The number of hydrazine groups is 1. The highest BCUT2D eigenvalue weighted by atomic mass is 19.1. The molecule has 3 heterocycles. The van der Waals surface area contributed by atoms with Crippen LogP contribution in [-0.4, -0.2) is 46.5 Å². The van der Waals surface area contributed by atoms with Crippen LogP contribution in [-0.2, 0) is 0 Å². The van der Waals surface area contributed by atoms with E-state index in [4.69, 9.17) is 11.7 Å². The van der Waals surface area contributed by atoms with Crippen molar-refractivity contribution < 1.29 is 13.6 Å². The van der Waals surface area contributed by atoms with Crippen molar-refractivity contribution in [1.82, 2.24) is 14.6 Å². The van der Waals surface area contributed by atoms with Crippen molar-refractivity contribution >= 4 is 28.6 Å². The second kappa shape index (κ2) is 11.5. The van der Waals surface area contributed by atoms with Crippen molar-refractivity contribution in [3.63, 3.8) is 0 Å². The summed E-state index contributed by atoms with van der Waals surface area (Å²) in [6.45, 7) is 2.08. The number of halogens is 2. The number of pyridine rings is 1. The largest absolute Gasteiger partial charge is 0.371 e. The quantitative estimate of drug-likeness (QED) is 0.169. The zero-order valence-corrected chi connectivity index (χ0v) is 20.3. The SMILES string of the molecule is CN(N)/C(=N\N)c1cccc(NC(=O)c2cnn3ccc(N4CCCC4)cc23)c1.Fc1ccc(F)cc1. The number of nitrogens with two attached hydrogens (primary N) is 2. The molecule has 37 heavy (non-hydrogen) atoms. The van der Waals surface area contributed by atoms with Crippen molar-refractivity contribution in [3.05, 3.63) is 95.8 Å². The molecule has 9 nitrogen and oxygen atoms in total. The lowest BCUT2D eigenvalue weighted by Crippen LogP contribution is -2.34. The molecule has 1 amide bonds. The predicted octanol–water partition coefficient (Wildman–Crippen LogP) is 3.58. The Morgan fingerprint density at radius 2 is 1.73 bits per heavy atom. The third-order valence-corrected chi connectivity index (χ3v) is 5.86. The maximum Gasteiger partial charge on any atom is 0.259 e. The third kappa shape index (κ3) is 6.19. The molecule has 5 N–H and O–H groups in total. The topological polar surface area (TPSA) is 117 Å². The number of fused-ring (bicyclic) bond motifs is 1. The number of amidine groups is 1. The van der Waals surface area contributed by atoms with Gasteiger partial charge in [0.15, 0.2) is 5.84 Å². The van der Waals surface area contributed by atoms with E-state index in [-0.39, 0.29) is 5.91 Å². The maximum atomic E-state index is 12.9. The number of anilines is 2. The summed E-state index contributed by atoms with van der Waals surface area (Å²) in [5.41, 5.74) is 3.72. The molecule has 0 radical (unpaired) electrons. The van der Waals surface area contributed by atoms with Crippen LogP contribution in [0.2, 0.25) is 0 Å². The number of hydrogen-bond acceptors (Lipinski definition) is 6. The summed E-state index contributed by atoms with van der Waals surface area (Å²) in [5, 5.41) is 12.3. The first kappa shape index (κ1) is 25.6. The Bertz CT molecular complexity index is 1370. The summed E-state index contributed by atoms with van der Waals surface area (Å²) in [7, 11) is 1.65. The van der Waals surface area contributed by atoms with E-state index < -0.39 is 11.6 Å². The van der Waals surface area contributed by atoms with E-state index in [1.807, 2.05) is 24.4 Å². The average Bonchev–Trinajstić information content (AvgIpc) is 3.57. The van der Waals surface area contributed by atoms with Gasteiger partial charge < -0.3 is 16.1 Å². The van der Waals surface area contributed by atoms with Crippen molar-refractivity contribution in [2.24, 2.45) is 16.8 Å². The molecule has 0 bridgehead atoms. The van der Waals surface area contributed by atoms with Crippen LogP contribution in [0, 0.1) is 11.6 Å². The molecule has 4 aromatic rings. The Hall–Kier alpha value is -4.51. The van der Waals surface area contributed by atoms with Gasteiger partial charge in [0.2, 0.25) is 0 Å². The normalized spacial score (nSPS) is 13.3. The maximum absolute atomic E-state index is 12.9. The molecular formula is C26H28F2N8O. The van der Waals surface area contributed by atoms with E-state index in [9.17, 15) is 13.6 Å². The van der Waals surface area contributed by atoms with Crippen LogP contribution >= 0.6 is 0 Å². The number of hydrazone groups is 1. The van der Waals surface area contributed by atoms with Gasteiger partial charge in [-0.05, 0) is 61.4 Å². The van der Waals surface area contributed by atoms with Crippen molar-refractivity contribution in [3.8, 4) is 0 Å². The highest BCUT2D eigenvalue weighted by molar-refractivity contribution is 6.09. The van der Waals surface area contributed by atoms with Crippen LogP contribution in [0.1, 0.15) is 28.8 Å². The molecule has 1 aliphatic rings. The minimum atomic E-state index is -0.411. The van der Waals surface area contributed by atoms with Crippen LogP contribution in [0.15, 0.2) is 78.2 Å². The third-order valence-electron chi connectivity index (χ3n) is 5.86. The highest BCUT2D eigenvalue weighted by Crippen LogP contribution is 2.24. The summed E-state index contributed by atoms with van der Waals surface area (Å²) in [6, 6.07) is 15.6. The summed E-state index contributed by atoms with van der Waals surface area (Å²) in [4.78, 5) is 15.3. The fourth-order valence-electron chi connectivity index (χ4n) is 4.05.